The molecule has 2 rings (SSSR count). The van der Waals surface area contributed by atoms with E-state index in [1.165, 1.54) is 6.20 Å². The van der Waals surface area contributed by atoms with Crippen LogP contribution in [0.15, 0.2) is 42.7 Å². The number of hydrogen-bond donors (Lipinski definition) is 1. The van der Waals surface area contributed by atoms with E-state index in [2.05, 4.69) is 4.98 Å². The van der Waals surface area contributed by atoms with Crippen LogP contribution in [0.2, 0.25) is 10.0 Å². The second kappa shape index (κ2) is 6.73. The number of benzene rings is 1. The van der Waals surface area contributed by atoms with Crippen molar-refractivity contribution in [3.63, 3.8) is 0 Å². The van der Waals surface area contributed by atoms with Gasteiger partial charge in [0.05, 0.1) is 10.9 Å². The summed E-state index contributed by atoms with van der Waals surface area (Å²) >= 11 is 11.8. The summed E-state index contributed by atoms with van der Waals surface area (Å²) in [4.78, 5) is 15.3. The van der Waals surface area contributed by atoms with Gasteiger partial charge in [-0.2, -0.15) is 0 Å². The lowest BCUT2D eigenvalue weighted by Crippen LogP contribution is -2.19. The zero-order valence-electron chi connectivity index (χ0n) is 10.6. The van der Waals surface area contributed by atoms with E-state index >= 15 is 0 Å². The molecule has 3 nitrogen and oxygen atoms in total. The van der Waals surface area contributed by atoms with Crippen LogP contribution in [0.5, 0.6) is 0 Å². The number of pyridine rings is 1. The fourth-order valence-corrected chi connectivity index (χ4v) is 2.31. The standard InChI is InChI=1S/C15H13Cl2NO2/c16-13-3-1-10(2-4-13)7-12(15(19)20)8-11-5-6-18-9-14(11)17/h1-6,9,12H,7-8H2,(H,19,20). The van der Waals surface area contributed by atoms with E-state index in [0.717, 1.165) is 11.1 Å². The van der Waals surface area contributed by atoms with Gasteiger partial charge in [0.15, 0.2) is 0 Å². The molecule has 0 spiro atoms. The van der Waals surface area contributed by atoms with Gasteiger partial charge in [-0.15, -0.1) is 0 Å². The summed E-state index contributed by atoms with van der Waals surface area (Å²) in [5, 5.41) is 10.5. The van der Waals surface area contributed by atoms with Gasteiger partial charge in [0, 0.05) is 17.4 Å². The molecule has 104 valence electrons. The zero-order valence-corrected chi connectivity index (χ0v) is 12.1. The van der Waals surface area contributed by atoms with Crippen LogP contribution in [0.25, 0.3) is 0 Å². The van der Waals surface area contributed by atoms with E-state index in [-0.39, 0.29) is 0 Å². The number of aliphatic carboxylic acids is 1. The summed E-state index contributed by atoms with van der Waals surface area (Å²) in [6, 6.07) is 8.95. The minimum atomic E-state index is -0.840. The van der Waals surface area contributed by atoms with Gasteiger partial charge >= 0.3 is 5.97 Å². The number of carboxylic acids is 1. The predicted molar refractivity (Wildman–Crippen MR) is 79.2 cm³/mol. The summed E-state index contributed by atoms with van der Waals surface area (Å²) in [6.45, 7) is 0. The Morgan fingerprint density at radius 3 is 2.45 bits per heavy atom. The molecule has 2 aromatic rings. The number of carbonyl (C=O) groups is 1. The van der Waals surface area contributed by atoms with Crippen LogP contribution < -0.4 is 0 Å². The van der Waals surface area contributed by atoms with Gasteiger partial charge in [-0.1, -0.05) is 35.3 Å². The number of carboxylic acid groups (broad SMARTS) is 1. The van der Waals surface area contributed by atoms with Crippen LogP contribution >= 0.6 is 23.2 Å². The second-order valence-electron chi connectivity index (χ2n) is 4.54. The van der Waals surface area contributed by atoms with Gasteiger partial charge < -0.3 is 5.11 Å². The first-order valence-electron chi connectivity index (χ1n) is 6.12. The number of nitrogens with zero attached hydrogens (tertiary/aromatic N) is 1. The molecule has 1 heterocycles. The first kappa shape index (κ1) is 14.8. The van der Waals surface area contributed by atoms with Crippen LogP contribution in [-0.2, 0) is 17.6 Å². The van der Waals surface area contributed by atoms with E-state index < -0.39 is 11.9 Å². The van der Waals surface area contributed by atoms with Crippen LogP contribution in [0.4, 0.5) is 0 Å². The normalized spacial score (nSPS) is 12.1. The van der Waals surface area contributed by atoms with Gasteiger partial charge in [0.1, 0.15) is 0 Å². The molecule has 0 radical (unpaired) electrons. The molecule has 0 saturated heterocycles. The SMILES string of the molecule is O=C(O)C(Cc1ccc(Cl)cc1)Cc1ccncc1Cl. The summed E-state index contributed by atoms with van der Waals surface area (Å²) in [6.07, 6.45) is 3.95. The van der Waals surface area contributed by atoms with E-state index in [1.54, 1.807) is 24.4 Å². The number of hydrogen-bond acceptors (Lipinski definition) is 2. The highest BCUT2D eigenvalue weighted by Crippen LogP contribution is 2.21. The first-order valence-corrected chi connectivity index (χ1v) is 6.87. The zero-order chi connectivity index (χ0) is 14.5. The largest absolute Gasteiger partial charge is 0.481 e. The molecule has 0 fully saturated rings. The molecule has 1 atom stereocenters. The highest BCUT2D eigenvalue weighted by Gasteiger charge is 2.19. The molecule has 0 aliphatic rings. The van der Waals surface area contributed by atoms with Crippen molar-refractivity contribution in [2.24, 2.45) is 5.92 Å². The molecule has 0 amide bonds. The highest BCUT2D eigenvalue weighted by atomic mass is 35.5. The molecule has 5 heteroatoms. The van der Waals surface area contributed by atoms with Crippen molar-refractivity contribution in [3.8, 4) is 0 Å². The molecule has 20 heavy (non-hydrogen) atoms. The predicted octanol–water partition coefficient (Wildman–Crippen LogP) is 3.87. The minimum Gasteiger partial charge on any atom is -0.481 e. The van der Waals surface area contributed by atoms with Crippen molar-refractivity contribution in [1.29, 1.82) is 0 Å². The average Bonchev–Trinajstić information content (AvgIpc) is 2.42. The molecule has 1 aromatic carbocycles. The van der Waals surface area contributed by atoms with Gasteiger partial charge in [-0.25, -0.2) is 0 Å². The van der Waals surface area contributed by atoms with Crippen LogP contribution in [0.3, 0.4) is 0 Å². The average molecular weight is 310 g/mol. The monoisotopic (exact) mass is 309 g/mol. The van der Waals surface area contributed by atoms with Crippen molar-refractivity contribution in [2.45, 2.75) is 12.8 Å². The minimum absolute atomic E-state index is 0.374. The van der Waals surface area contributed by atoms with Crippen molar-refractivity contribution < 1.29 is 9.90 Å². The van der Waals surface area contributed by atoms with Gasteiger partial charge in [-0.3, -0.25) is 9.78 Å². The van der Waals surface area contributed by atoms with Crippen molar-refractivity contribution in [3.05, 3.63) is 63.9 Å². The topological polar surface area (TPSA) is 50.2 Å². The molecular formula is C15H13Cl2NO2. The number of rotatable bonds is 5. The number of aromatic nitrogens is 1. The van der Waals surface area contributed by atoms with Gasteiger partial charge in [0.25, 0.3) is 0 Å². The summed E-state index contributed by atoms with van der Waals surface area (Å²) in [7, 11) is 0. The molecule has 0 aliphatic carbocycles. The number of halogens is 2. The lowest BCUT2D eigenvalue weighted by Gasteiger charge is -2.13. The maximum Gasteiger partial charge on any atom is 0.307 e. The first-order chi connectivity index (χ1) is 9.56. The van der Waals surface area contributed by atoms with Crippen LogP contribution in [0.1, 0.15) is 11.1 Å². The summed E-state index contributed by atoms with van der Waals surface area (Å²) in [5.41, 5.74) is 1.73. The maximum absolute atomic E-state index is 11.4. The molecular weight excluding hydrogens is 297 g/mol. The quantitative estimate of drug-likeness (QED) is 0.912. The third kappa shape index (κ3) is 3.95. The lowest BCUT2D eigenvalue weighted by atomic mass is 9.93. The Morgan fingerprint density at radius 2 is 1.85 bits per heavy atom. The highest BCUT2D eigenvalue weighted by molar-refractivity contribution is 6.31. The molecule has 0 aliphatic heterocycles. The second-order valence-corrected chi connectivity index (χ2v) is 5.38. The smallest absolute Gasteiger partial charge is 0.307 e. The Kier molecular flexibility index (Phi) is 4.99. The van der Waals surface area contributed by atoms with Crippen molar-refractivity contribution >= 4 is 29.2 Å². The maximum atomic E-state index is 11.4. The van der Waals surface area contributed by atoms with E-state index in [4.69, 9.17) is 23.2 Å². The van der Waals surface area contributed by atoms with E-state index in [0.29, 0.717) is 22.9 Å². The van der Waals surface area contributed by atoms with Crippen LogP contribution in [-0.4, -0.2) is 16.1 Å². The summed E-state index contributed by atoms with van der Waals surface area (Å²) < 4.78 is 0. The van der Waals surface area contributed by atoms with Crippen LogP contribution in [0, 0.1) is 5.92 Å². The van der Waals surface area contributed by atoms with Gasteiger partial charge in [0.2, 0.25) is 0 Å². The third-order valence-corrected chi connectivity index (χ3v) is 3.66. The van der Waals surface area contributed by atoms with E-state index in [9.17, 15) is 9.90 Å². The summed E-state index contributed by atoms with van der Waals surface area (Å²) in [5.74, 6) is -1.37. The molecule has 1 unspecified atom stereocenters. The Bertz CT molecular complexity index is 599. The molecule has 0 bridgehead atoms. The Morgan fingerprint density at radius 1 is 1.15 bits per heavy atom. The Hall–Kier alpha value is -1.58. The van der Waals surface area contributed by atoms with Gasteiger partial charge in [-0.05, 0) is 42.2 Å². The lowest BCUT2D eigenvalue weighted by molar-refractivity contribution is -0.141. The third-order valence-electron chi connectivity index (χ3n) is 3.07. The molecule has 1 N–H and O–H groups in total. The fourth-order valence-electron chi connectivity index (χ4n) is 1.99. The molecule has 0 saturated carbocycles. The molecule has 1 aromatic heterocycles. The Balaban J connectivity index is 2.14. The van der Waals surface area contributed by atoms with E-state index in [1.807, 2.05) is 12.1 Å². The van der Waals surface area contributed by atoms with Crippen molar-refractivity contribution in [1.82, 2.24) is 4.98 Å². The van der Waals surface area contributed by atoms with Crippen molar-refractivity contribution in [2.75, 3.05) is 0 Å². The Labute approximate surface area is 127 Å². The fraction of sp³-hybridized carbons (Fsp3) is 0.200.